The van der Waals surface area contributed by atoms with Crippen molar-refractivity contribution in [3.05, 3.63) is 36.0 Å². The van der Waals surface area contributed by atoms with E-state index < -0.39 is 17.1 Å². The van der Waals surface area contributed by atoms with Crippen LogP contribution < -0.4 is 5.32 Å². The van der Waals surface area contributed by atoms with Crippen LogP contribution in [0.5, 0.6) is 0 Å². The molecule has 1 aromatic carbocycles. The fraction of sp³-hybridized carbons (Fsp3) is 0.375. The Morgan fingerprint density at radius 3 is 2.75 bits per heavy atom. The molecular formula is C16H17F3N2O2S. The van der Waals surface area contributed by atoms with Crippen LogP contribution in [0.2, 0.25) is 0 Å². The maximum Gasteiger partial charge on any atom is 0.433 e. The number of hydrogen-bond acceptors (Lipinski definition) is 4. The summed E-state index contributed by atoms with van der Waals surface area (Å²) in [4.78, 5) is 16.1. The number of halogens is 3. The Bertz CT molecular complexity index is 722. The zero-order valence-corrected chi connectivity index (χ0v) is 14.0. The fourth-order valence-electron chi connectivity index (χ4n) is 2.05. The molecule has 1 unspecified atom stereocenters. The molecule has 1 atom stereocenters. The largest absolute Gasteiger partial charge is 0.433 e. The molecule has 0 aliphatic carbocycles. The lowest BCUT2D eigenvalue weighted by atomic mass is 10.2. The molecule has 0 saturated carbocycles. The van der Waals surface area contributed by atoms with Gasteiger partial charge in [-0.15, -0.1) is 11.8 Å². The molecule has 0 fully saturated rings. The van der Waals surface area contributed by atoms with Crippen molar-refractivity contribution in [2.45, 2.75) is 23.2 Å². The van der Waals surface area contributed by atoms with Gasteiger partial charge in [0.15, 0.2) is 0 Å². The summed E-state index contributed by atoms with van der Waals surface area (Å²) in [5.74, 6) is -0.258. The van der Waals surface area contributed by atoms with E-state index in [4.69, 9.17) is 4.74 Å². The zero-order valence-electron chi connectivity index (χ0n) is 13.2. The number of nitrogens with one attached hydrogen (secondary N) is 1. The van der Waals surface area contributed by atoms with Gasteiger partial charge >= 0.3 is 6.18 Å². The molecule has 24 heavy (non-hydrogen) atoms. The number of pyridine rings is 1. The Morgan fingerprint density at radius 1 is 1.38 bits per heavy atom. The second-order valence-corrected chi connectivity index (χ2v) is 6.45. The summed E-state index contributed by atoms with van der Waals surface area (Å²) in [6.07, 6.45) is -4.54. The average molecular weight is 358 g/mol. The lowest BCUT2D eigenvalue weighted by Gasteiger charge is -2.15. The van der Waals surface area contributed by atoms with Gasteiger partial charge in [-0.05, 0) is 19.1 Å². The molecule has 0 aliphatic heterocycles. The summed E-state index contributed by atoms with van der Waals surface area (Å²) in [5, 5.41) is 2.72. The first kappa shape index (κ1) is 18.5. The number of amides is 1. The third kappa shape index (κ3) is 4.61. The molecule has 8 heteroatoms. The molecule has 0 spiro atoms. The van der Waals surface area contributed by atoms with Crippen LogP contribution in [0.15, 0.2) is 35.2 Å². The number of alkyl halides is 3. The number of fused-ring (bicyclic) bond motifs is 1. The van der Waals surface area contributed by atoms with Crippen LogP contribution in [-0.2, 0) is 15.7 Å². The van der Waals surface area contributed by atoms with E-state index in [1.165, 1.54) is 13.2 Å². The first-order valence-electron chi connectivity index (χ1n) is 7.23. The Morgan fingerprint density at radius 2 is 2.08 bits per heavy atom. The highest BCUT2D eigenvalue weighted by Crippen LogP contribution is 2.36. The highest BCUT2D eigenvalue weighted by Gasteiger charge is 2.33. The molecule has 1 aromatic heterocycles. The average Bonchev–Trinajstić information content (AvgIpc) is 2.54. The fourth-order valence-corrected chi connectivity index (χ4v) is 3.10. The number of thioether (sulfide) groups is 1. The zero-order chi connectivity index (χ0) is 17.7. The quantitative estimate of drug-likeness (QED) is 0.634. The van der Waals surface area contributed by atoms with Gasteiger partial charge in [-0.1, -0.05) is 18.2 Å². The van der Waals surface area contributed by atoms with E-state index in [0.29, 0.717) is 23.4 Å². The predicted molar refractivity (Wildman–Crippen MR) is 86.9 cm³/mol. The number of hydrogen-bond donors (Lipinski definition) is 1. The van der Waals surface area contributed by atoms with Gasteiger partial charge in [0.1, 0.15) is 5.69 Å². The van der Waals surface area contributed by atoms with Gasteiger partial charge in [0.05, 0.1) is 17.4 Å². The second-order valence-electron chi connectivity index (χ2n) is 5.06. The molecule has 4 nitrogen and oxygen atoms in total. The monoisotopic (exact) mass is 358 g/mol. The number of methoxy groups -OCH3 is 1. The molecule has 1 heterocycles. The van der Waals surface area contributed by atoms with Crippen molar-refractivity contribution in [3.8, 4) is 0 Å². The smallest absolute Gasteiger partial charge is 0.383 e. The molecular weight excluding hydrogens is 341 g/mol. The number of carbonyl (C=O) groups is 1. The van der Waals surface area contributed by atoms with Gasteiger partial charge < -0.3 is 10.1 Å². The summed E-state index contributed by atoms with van der Waals surface area (Å²) in [5.41, 5.74) is -0.711. The Balaban J connectivity index is 2.28. The van der Waals surface area contributed by atoms with Gasteiger partial charge in [0.2, 0.25) is 5.91 Å². The second kappa shape index (κ2) is 7.85. The summed E-state index contributed by atoms with van der Waals surface area (Å²) in [6, 6.07) is 7.57. The van der Waals surface area contributed by atoms with Crippen molar-refractivity contribution >= 4 is 28.6 Å². The summed E-state index contributed by atoms with van der Waals surface area (Å²) in [6.45, 7) is 2.37. The van der Waals surface area contributed by atoms with E-state index in [-0.39, 0.29) is 11.4 Å². The maximum absolute atomic E-state index is 13.0. The standard InChI is InChI=1S/C16H17F3N2O2S/c1-10(15(22)20-7-8-23-2)24-13-9-14(16(17,18)19)21-12-6-4-3-5-11(12)13/h3-6,9-10H,7-8H2,1-2H3,(H,20,22). The summed E-state index contributed by atoms with van der Waals surface area (Å²) in [7, 11) is 1.52. The molecule has 0 saturated heterocycles. The van der Waals surface area contributed by atoms with E-state index in [0.717, 1.165) is 17.8 Å². The molecule has 2 rings (SSSR count). The van der Waals surface area contributed by atoms with Gasteiger partial charge in [-0.3, -0.25) is 4.79 Å². The van der Waals surface area contributed by atoms with Crippen molar-refractivity contribution in [3.63, 3.8) is 0 Å². The van der Waals surface area contributed by atoms with Gasteiger partial charge in [-0.2, -0.15) is 13.2 Å². The van der Waals surface area contributed by atoms with E-state index in [1.807, 2.05) is 0 Å². The molecule has 1 N–H and O–H groups in total. The van der Waals surface area contributed by atoms with Gasteiger partial charge in [-0.25, -0.2) is 4.98 Å². The van der Waals surface area contributed by atoms with E-state index in [1.54, 1.807) is 25.1 Å². The summed E-state index contributed by atoms with van der Waals surface area (Å²) < 4.78 is 43.9. The number of rotatable bonds is 6. The minimum atomic E-state index is -4.54. The third-order valence-electron chi connectivity index (χ3n) is 3.25. The van der Waals surface area contributed by atoms with Crippen molar-refractivity contribution in [2.24, 2.45) is 0 Å². The molecule has 130 valence electrons. The Hall–Kier alpha value is -1.80. The minimum Gasteiger partial charge on any atom is -0.383 e. The number of benzene rings is 1. The molecule has 0 aliphatic rings. The topological polar surface area (TPSA) is 51.2 Å². The number of aromatic nitrogens is 1. The molecule has 1 amide bonds. The third-order valence-corrected chi connectivity index (χ3v) is 4.41. The maximum atomic E-state index is 13.0. The first-order valence-corrected chi connectivity index (χ1v) is 8.11. The predicted octanol–water partition coefficient (Wildman–Crippen LogP) is 3.50. The molecule has 0 radical (unpaired) electrons. The van der Waals surface area contributed by atoms with Crippen molar-refractivity contribution in [1.29, 1.82) is 0 Å². The Kier molecular flexibility index (Phi) is 6.06. The lowest BCUT2D eigenvalue weighted by Crippen LogP contribution is -2.33. The lowest BCUT2D eigenvalue weighted by molar-refractivity contribution is -0.141. The van der Waals surface area contributed by atoms with E-state index in [9.17, 15) is 18.0 Å². The van der Waals surface area contributed by atoms with Crippen LogP contribution in [-0.4, -0.2) is 36.4 Å². The number of para-hydroxylation sites is 1. The van der Waals surface area contributed by atoms with Crippen molar-refractivity contribution in [1.82, 2.24) is 10.3 Å². The van der Waals surface area contributed by atoms with Crippen LogP contribution in [0, 0.1) is 0 Å². The van der Waals surface area contributed by atoms with E-state index in [2.05, 4.69) is 10.3 Å². The molecule has 0 bridgehead atoms. The number of carbonyl (C=O) groups excluding carboxylic acids is 1. The highest BCUT2D eigenvalue weighted by atomic mass is 32.2. The van der Waals surface area contributed by atoms with Crippen LogP contribution in [0.3, 0.4) is 0 Å². The van der Waals surface area contributed by atoms with Crippen LogP contribution in [0.4, 0.5) is 13.2 Å². The van der Waals surface area contributed by atoms with Gasteiger partial charge in [0, 0.05) is 23.9 Å². The minimum absolute atomic E-state index is 0.252. The van der Waals surface area contributed by atoms with Crippen LogP contribution >= 0.6 is 11.8 Å². The van der Waals surface area contributed by atoms with Crippen LogP contribution in [0.25, 0.3) is 10.9 Å². The van der Waals surface area contributed by atoms with Crippen molar-refractivity contribution in [2.75, 3.05) is 20.3 Å². The van der Waals surface area contributed by atoms with Gasteiger partial charge in [0.25, 0.3) is 0 Å². The SMILES string of the molecule is COCCNC(=O)C(C)Sc1cc(C(F)(F)F)nc2ccccc12. The van der Waals surface area contributed by atoms with Crippen LogP contribution in [0.1, 0.15) is 12.6 Å². The van der Waals surface area contributed by atoms with Crippen molar-refractivity contribution < 1.29 is 22.7 Å². The Labute approximate surface area is 141 Å². The number of ether oxygens (including phenoxy) is 1. The summed E-state index contributed by atoms with van der Waals surface area (Å²) >= 11 is 1.08. The highest BCUT2D eigenvalue weighted by molar-refractivity contribution is 8.00. The first-order chi connectivity index (χ1) is 11.3. The van der Waals surface area contributed by atoms with E-state index >= 15 is 0 Å². The normalized spacial score (nSPS) is 13.0. The molecule has 2 aromatic rings. The number of nitrogens with zero attached hydrogens (tertiary/aromatic N) is 1.